The maximum Gasteiger partial charge on any atom is 0.130 e. The molecule has 0 spiro atoms. The van der Waals surface area contributed by atoms with Crippen LogP contribution >= 0.6 is 24.0 Å². The van der Waals surface area contributed by atoms with Crippen molar-refractivity contribution >= 4 is 24.0 Å². The number of hydrogen-bond acceptors (Lipinski definition) is 2. The first-order valence-corrected chi connectivity index (χ1v) is 7.35. The molecule has 21 heavy (non-hydrogen) atoms. The van der Waals surface area contributed by atoms with E-state index in [9.17, 15) is 0 Å². The Kier molecular flexibility index (Phi) is 5.51. The van der Waals surface area contributed by atoms with Crippen LogP contribution in [0.1, 0.15) is 12.0 Å². The zero-order valence-corrected chi connectivity index (χ0v) is 13.5. The highest BCUT2D eigenvalue weighted by atomic mass is 35.5. The minimum Gasteiger partial charge on any atom is -0.488 e. The molecule has 2 aromatic carbocycles. The minimum absolute atomic E-state index is 0. The second-order valence-electron chi connectivity index (χ2n) is 5.11. The topological polar surface area (TPSA) is 21.3 Å². The lowest BCUT2D eigenvalue weighted by Crippen LogP contribution is -2.32. The summed E-state index contributed by atoms with van der Waals surface area (Å²) in [6.45, 7) is 0.871. The lowest BCUT2D eigenvalue weighted by atomic mass is 9.95. The molecule has 0 radical (unpaired) electrons. The molecule has 2 aromatic rings. The van der Waals surface area contributed by atoms with Crippen molar-refractivity contribution in [1.82, 2.24) is 5.32 Å². The van der Waals surface area contributed by atoms with Gasteiger partial charge in [-0.3, -0.25) is 0 Å². The summed E-state index contributed by atoms with van der Waals surface area (Å²) < 4.78 is 6.19. The summed E-state index contributed by atoms with van der Waals surface area (Å²) in [5, 5.41) is 3.95. The fourth-order valence-electron chi connectivity index (χ4n) is 2.73. The Labute approximate surface area is 136 Å². The van der Waals surface area contributed by atoms with Gasteiger partial charge in [0.1, 0.15) is 11.9 Å². The first-order valence-electron chi connectivity index (χ1n) is 6.97. The Balaban J connectivity index is 0.00000161. The van der Waals surface area contributed by atoms with Gasteiger partial charge in [-0.25, -0.2) is 0 Å². The lowest BCUT2D eigenvalue weighted by molar-refractivity contribution is 0.174. The lowest BCUT2D eigenvalue weighted by Gasteiger charge is -2.28. The molecule has 1 atom stereocenters. The van der Waals surface area contributed by atoms with Gasteiger partial charge in [-0.05, 0) is 31.5 Å². The SMILES string of the molecule is CNCC1CCc2cccc(-c3ccccc3Cl)c2O1.Cl. The molecule has 0 bridgehead atoms. The summed E-state index contributed by atoms with van der Waals surface area (Å²) in [5.41, 5.74) is 3.40. The van der Waals surface area contributed by atoms with E-state index >= 15 is 0 Å². The summed E-state index contributed by atoms with van der Waals surface area (Å²) in [4.78, 5) is 0. The number of hydrogen-bond donors (Lipinski definition) is 1. The number of halogens is 2. The first-order chi connectivity index (χ1) is 9.79. The molecule has 1 unspecified atom stereocenters. The normalized spacial score (nSPS) is 16.6. The highest BCUT2D eigenvalue weighted by Gasteiger charge is 2.22. The fourth-order valence-corrected chi connectivity index (χ4v) is 2.96. The fraction of sp³-hybridized carbons (Fsp3) is 0.294. The molecule has 0 saturated heterocycles. The van der Waals surface area contributed by atoms with E-state index in [-0.39, 0.29) is 18.5 Å². The van der Waals surface area contributed by atoms with E-state index < -0.39 is 0 Å². The van der Waals surface area contributed by atoms with Crippen molar-refractivity contribution in [3.63, 3.8) is 0 Å². The van der Waals surface area contributed by atoms with Crippen LogP contribution in [-0.4, -0.2) is 19.7 Å². The van der Waals surface area contributed by atoms with E-state index in [1.165, 1.54) is 5.56 Å². The van der Waals surface area contributed by atoms with Gasteiger partial charge in [0.05, 0.1) is 0 Å². The van der Waals surface area contributed by atoms with Crippen molar-refractivity contribution in [3.05, 3.63) is 53.1 Å². The molecule has 0 aliphatic carbocycles. The molecule has 0 saturated carbocycles. The average Bonchev–Trinajstić information content (AvgIpc) is 2.48. The molecule has 1 aliphatic rings. The largest absolute Gasteiger partial charge is 0.488 e. The molecule has 0 aromatic heterocycles. The number of para-hydroxylation sites is 1. The van der Waals surface area contributed by atoms with Crippen LogP contribution in [0.4, 0.5) is 0 Å². The standard InChI is InChI=1S/C17H18ClNO.ClH/c1-19-11-13-10-9-12-5-4-7-15(17(12)20-13)14-6-2-3-8-16(14)18;/h2-8,13,19H,9-11H2,1H3;1H. The zero-order valence-electron chi connectivity index (χ0n) is 11.9. The Hall–Kier alpha value is -1.22. The predicted octanol–water partition coefficient (Wildman–Crippen LogP) is 4.34. The predicted molar refractivity (Wildman–Crippen MR) is 90.8 cm³/mol. The Morgan fingerprint density at radius 2 is 1.90 bits per heavy atom. The number of benzene rings is 2. The van der Waals surface area contributed by atoms with Crippen LogP contribution in [0.5, 0.6) is 5.75 Å². The molecule has 0 fully saturated rings. The molecule has 2 nitrogen and oxygen atoms in total. The van der Waals surface area contributed by atoms with Gasteiger partial charge in [-0.1, -0.05) is 48.0 Å². The molecule has 1 N–H and O–H groups in total. The summed E-state index contributed by atoms with van der Waals surface area (Å²) in [7, 11) is 1.96. The zero-order chi connectivity index (χ0) is 13.9. The van der Waals surface area contributed by atoms with Crippen LogP contribution in [0.3, 0.4) is 0 Å². The summed E-state index contributed by atoms with van der Waals surface area (Å²) >= 11 is 6.33. The van der Waals surface area contributed by atoms with Crippen molar-refractivity contribution in [2.24, 2.45) is 0 Å². The molecule has 0 amide bonds. The molecule has 1 aliphatic heterocycles. The van der Waals surface area contributed by atoms with Gasteiger partial charge in [0.2, 0.25) is 0 Å². The van der Waals surface area contributed by atoms with Crippen LogP contribution in [0.2, 0.25) is 5.02 Å². The molecule has 1 heterocycles. The van der Waals surface area contributed by atoms with Gasteiger partial charge in [0.15, 0.2) is 0 Å². The molecule has 112 valence electrons. The van der Waals surface area contributed by atoms with Gasteiger partial charge in [-0.15, -0.1) is 12.4 Å². The van der Waals surface area contributed by atoms with Gasteiger partial charge < -0.3 is 10.1 Å². The number of nitrogens with one attached hydrogen (secondary N) is 1. The summed E-state index contributed by atoms with van der Waals surface area (Å²) in [5.74, 6) is 0.993. The van der Waals surface area contributed by atoms with Crippen molar-refractivity contribution in [1.29, 1.82) is 0 Å². The van der Waals surface area contributed by atoms with Crippen LogP contribution in [-0.2, 0) is 6.42 Å². The third kappa shape index (κ3) is 3.34. The molecular formula is C17H19Cl2NO. The summed E-state index contributed by atoms with van der Waals surface area (Å²) in [6.07, 6.45) is 2.34. The molecule has 4 heteroatoms. The third-order valence-electron chi connectivity index (χ3n) is 3.71. The minimum atomic E-state index is 0. The third-order valence-corrected chi connectivity index (χ3v) is 4.04. The number of likely N-dealkylation sites (N-methyl/N-ethyl adjacent to an activating group) is 1. The average molecular weight is 324 g/mol. The van der Waals surface area contributed by atoms with E-state index in [1.807, 2.05) is 31.3 Å². The number of aryl methyl sites for hydroxylation is 1. The van der Waals surface area contributed by atoms with Crippen LogP contribution in [0.25, 0.3) is 11.1 Å². The monoisotopic (exact) mass is 323 g/mol. The van der Waals surface area contributed by atoms with E-state index in [0.717, 1.165) is 41.3 Å². The van der Waals surface area contributed by atoms with Crippen molar-refractivity contribution < 1.29 is 4.74 Å². The van der Waals surface area contributed by atoms with E-state index in [1.54, 1.807) is 0 Å². The van der Waals surface area contributed by atoms with Crippen LogP contribution in [0.15, 0.2) is 42.5 Å². The quantitative estimate of drug-likeness (QED) is 0.907. The van der Waals surface area contributed by atoms with Gasteiger partial charge in [-0.2, -0.15) is 0 Å². The van der Waals surface area contributed by atoms with Crippen LogP contribution < -0.4 is 10.1 Å². The maximum absolute atomic E-state index is 6.33. The number of fused-ring (bicyclic) bond motifs is 1. The number of rotatable bonds is 3. The van der Waals surface area contributed by atoms with Gasteiger partial charge in [0, 0.05) is 22.7 Å². The maximum atomic E-state index is 6.33. The summed E-state index contributed by atoms with van der Waals surface area (Å²) in [6, 6.07) is 14.2. The van der Waals surface area contributed by atoms with E-state index in [2.05, 4.69) is 23.5 Å². The van der Waals surface area contributed by atoms with Crippen LogP contribution in [0, 0.1) is 0 Å². The highest BCUT2D eigenvalue weighted by Crippen LogP contribution is 2.40. The Morgan fingerprint density at radius 1 is 1.14 bits per heavy atom. The Bertz CT molecular complexity index is 615. The van der Waals surface area contributed by atoms with Gasteiger partial charge in [0.25, 0.3) is 0 Å². The Morgan fingerprint density at radius 3 is 2.67 bits per heavy atom. The molecular weight excluding hydrogens is 305 g/mol. The highest BCUT2D eigenvalue weighted by molar-refractivity contribution is 6.33. The van der Waals surface area contributed by atoms with Gasteiger partial charge >= 0.3 is 0 Å². The molecule has 3 rings (SSSR count). The van der Waals surface area contributed by atoms with Crippen molar-refractivity contribution in [2.45, 2.75) is 18.9 Å². The smallest absolute Gasteiger partial charge is 0.130 e. The van der Waals surface area contributed by atoms with Crippen molar-refractivity contribution in [2.75, 3.05) is 13.6 Å². The van der Waals surface area contributed by atoms with E-state index in [0.29, 0.717) is 0 Å². The van der Waals surface area contributed by atoms with E-state index in [4.69, 9.17) is 16.3 Å². The number of ether oxygens (including phenoxy) is 1. The first kappa shape index (κ1) is 16.2. The van der Waals surface area contributed by atoms with Crippen molar-refractivity contribution in [3.8, 4) is 16.9 Å². The second-order valence-corrected chi connectivity index (χ2v) is 5.52. The second kappa shape index (κ2) is 7.17.